The molecular weight excluding hydrogens is 246 g/mol. The Balaban J connectivity index is 0.00000120. The molecule has 0 spiro atoms. The van der Waals surface area contributed by atoms with E-state index in [4.69, 9.17) is 0 Å². The molecule has 0 saturated heterocycles. The van der Waals surface area contributed by atoms with Crippen molar-refractivity contribution in [2.45, 2.75) is 12.8 Å². The van der Waals surface area contributed by atoms with Crippen molar-refractivity contribution in [3.05, 3.63) is 42.5 Å². The lowest BCUT2D eigenvalue weighted by Crippen LogP contribution is -2.27. The van der Waals surface area contributed by atoms with Crippen LogP contribution in [0.2, 0.25) is 0 Å². The quantitative estimate of drug-likeness (QED) is 0.814. The van der Waals surface area contributed by atoms with Gasteiger partial charge in [0.2, 0.25) is 0 Å². The first-order valence-corrected chi connectivity index (χ1v) is 5.96. The number of aliphatic imine (C=N–C) groups is 1. The number of hydrogen-bond acceptors (Lipinski definition) is 3. The summed E-state index contributed by atoms with van der Waals surface area (Å²) in [5.41, 5.74) is 7.53. The van der Waals surface area contributed by atoms with Gasteiger partial charge in [-0.05, 0) is 17.9 Å². The zero-order chi connectivity index (χ0) is 11.5. The van der Waals surface area contributed by atoms with Gasteiger partial charge in [0.05, 0.1) is 5.69 Å². The minimum atomic E-state index is 0. The second-order valence-corrected chi connectivity index (χ2v) is 4.21. The van der Waals surface area contributed by atoms with Gasteiger partial charge in [0.15, 0.2) is 0 Å². The summed E-state index contributed by atoms with van der Waals surface area (Å²) in [6.07, 6.45) is 2.19. The first kappa shape index (κ1) is 12.7. The number of fused-ring (bicyclic) bond motifs is 1. The highest BCUT2D eigenvalue weighted by molar-refractivity contribution is 5.95. The maximum Gasteiger partial charge on any atom is 0.115 e. The highest BCUT2D eigenvalue weighted by Gasteiger charge is 2.05. The third kappa shape index (κ3) is 2.57. The Kier molecular flexibility index (Phi) is 4.05. The summed E-state index contributed by atoms with van der Waals surface area (Å²) in [5, 5.41) is 2.47. The maximum atomic E-state index is 4.37. The molecular formula is C14H16ClN3. The van der Waals surface area contributed by atoms with Crippen molar-refractivity contribution in [1.29, 1.82) is 0 Å². The third-order valence-corrected chi connectivity index (χ3v) is 3.01. The van der Waals surface area contributed by atoms with Gasteiger partial charge in [0.1, 0.15) is 5.84 Å². The zero-order valence-electron chi connectivity index (χ0n) is 10.0. The molecule has 0 saturated carbocycles. The van der Waals surface area contributed by atoms with E-state index in [0.29, 0.717) is 0 Å². The van der Waals surface area contributed by atoms with Crippen LogP contribution >= 0.6 is 12.4 Å². The van der Waals surface area contributed by atoms with Crippen LogP contribution in [0.25, 0.3) is 10.8 Å². The highest BCUT2D eigenvalue weighted by atomic mass is 35.5. The number of anilines is 1. The van der Waals surface area contributed by atoms with Gasteiger partial charge in [-0.3, -0.25) is 15.8 Å². The highest BCUT2D eigenvalue weighted by Crippen LogP contribution is 2.22. The van der Waals surface area contributed by atoms with Crippen molar-refractivity contribution < 1.29 is 0 Å². The summed E-state index contributed by atoms with van der Waals surface area (Å²) < 4.78 is 0. The molecule has 0 bridgehead atoms. The van der Waals surface area contributed by atoms with E-state index in [1.807, 2.05) is 0 Å². The summed E-state index contributed by atoms with van der Waals surface area (Å²) in [6.45, 7) is 0.944. The van der Waals surface area contributed by atoms with Crippen LogP contribution in [0.15, 0.2) is 47.5 Å². The van der Waals surface area contributed by atoms with E-state index in [0.717, 1.165) is 30.9 Å². The number of rotatable bonds is 2. The molecule has 1 heterocycles. The Hall–Kier alpha value is -1.74. The number of hydrogen-bond donors (Lipinski definition) is 2. The zero-order valence-corrected chi connectivity index (χ0v) is 10.8. The number of benzene rings is 2. The molecule has 1 aliphatic heterocycles. The van der Waals surface area contributed by atoms with Crippen LogP contribution in [0.4, 0.5) is 5.69 Å². The van der Waals surface area contributed by atoms with Crippen molar-refractivity contribution >= 4 is 34.7 Å². The SMILES string of the molecule is Cl.c1ccc2c(NNC3=NCCC3)cccc2c1. The van der Waals surface area contributed by atoms with E-state index < -0.39 is 0 Å². The average molecular weight is 262 g/mol. The molecule has 0 amide bonds. The molecule has 3 rings (SSSR count). The molecule has 4 heteroatoms. The Labute approximate surface area is 113 Å². The molecule has 1 aliphatic rings. The third-order valence-electron chi connectivity index (χ3n) is 3.01. The summed E-state index contributed by atoms with van der Waals surface area (Å²) >= 11 is 0. The smallest absolute Gasteiger partial charge is 0.115 e. The van der Waals surface area contributed by atoms with Crippen molar-refractivity contribution in [2.24, 2.45) is 4.99 Å². The van der Waals surface area contributed by atoms with E-state index >= 15 is 0 Å². The Morgan fingerprint density at radius 2 is 1.78 bits per heavy atom. The Bertz CT molecular complexity index is 560. The lowest BCUT2D eigenvalue weighted by molar-refractivity contribution is 0.944. The molecule has 0 atom stereocenters. The van der Waals surface area contributed by atoms with Gasteiger partial charge < -0.3 is 0 Å². The molecule has 0 aliphatic carbocycles. The van der Waals surface area contributed by atoms with Crippen LogP contribution in [0, 0.1) is 0 Å². The van der Waals surface area contributed by atoms with E-state index in [1.165, 1.54) is 10.8 Å². The molecule has 0 fully saturated rings. The van der Waals surface area contributed by atoms with Crippen molar-refractivity contribution in [3.8, 4) is 0 Å². The number of halogens is 1. The van der Waals surface area contributed by atoms with Crippen molar-refractivity contribution in [2.75, 3.05) is 12.0 Å². The van der Waals surface area contributed by atoms with Crippen LogP contribution in [-0.4, -0.2) is 12.4 Å². The van der Waals surface area contributed by atoms with Crippen LogP contribution in [0.5, 0.6) is 0 Å². The van der Waals surface area contributed by atoms with E-state index in [1.54, 1.807) is 0 Å². The predicted octanol–water partition coefficient (Wildman–Crippen LogP) is 3.37. The molecule has 0 radical (unpaired) electrons. The second-order valence-electron chi connectivity index (χ2n) is 4.21. The number of hydrazine groups is 1. The van der Waals surface area contributed by atoms with Crippen molar-refractivity contribution in [3.63, 3.8) is 0 Å². The normalized spacial score (nSPS) is 13.9. The fourth-order valence-corrected chi connectivity index (χ4v) is 2.12. The topological polar surface area (TPSA) is 36.4 Å². The maximum absolute atomic E-state index is 4.37. The molecule has 94 valence electrons. The van der Waals surface area contributed by atoms with Crippen LogP contribution < -0.4 is 10.9 Å². The summed E-state index contributed by atoms with van der Waals surface area (Å²) in [5.74, 6) is 1.05. The summed E-state index contributed by atoms with van der Waals surface area (Å²) in [4.78, 5) is 4.37. The lowest BCUT2D eigenvalue weighted by atomic mass is 10.1. The van der Waals surface area contributed by atoms with Crippen LogP contribution in [-0.2, 0) is 0 Å². The molecule has 3 nitrogen and oxygen atoms in total. The monoisotopic (exact) mass is 261 g/mol. The van der Waals surface area contributed by atoms with Crippen LogP contribution in [0.3, 0.4) is 0 Å². The molecule has 18 heavy (non-hydrogen) atoms. The molecule has 0 unspecified atom stereocenters. The van der Waals surface area contributed by atoms with Gasteiger partial charge in [-0.25, -0.2) is 0 Å². The van der Waals surface area contributed by atoms with Gasteiger partial charge in [-0.1, -0.05) is 36.4 Å². The van der Waals surface area contributed by atoms with E-state index in [9.17, 15) is 0 Å². The average Bonchev–Trinajstić information content (AvgIpc) is 2.89. The molecule has 0 aromatic heterocycles. The van der Waals surface area contributed by atoms with Gasteiger partial charge in [-0.2, -0.15) is 0 Å². The minimum Gasteiger partial charge on any atom is -0.299 e. The fourth-order valence-electron chi connectivity index (χ4n) is 2.12. The van der Waals surface area contributed by atoms with E-state index in [2.05, 4.69) is 58.3 Å². The first-order chi connectivity index (χ1) is 8.43. The fraction of sp³-hybridized carbons (Fsp3) is 0.214. The standard InChI is InChI=1S/C14H15N3.ClH/c1-2-7-12-11(5-1)6-3-8-13(12)16-17-14-9-4-10-15-14;/h1-3,5-8,16H,4,9-10H2,(H,15,17);1H. The van der Waals surface area contributed by atoms with Gasteiger partial charge in [0, 0.05) is 18.4 Å². The minimum absolute atomic E-state index is 0. The van der Waals surface area contributed by atoms with E-state index in [-0.39, 0.29) is 12.4 Å². The van der Waals surface area contributed by atoms with Gasteiger partial charge in [0.25, 0.3) is 0 Å². The predicted molar refractivity (Wildman–Crippen MR) is 79.5 cm³/mol. The van der Waals surface area contributed by atoms with Crippen molar-refractivity contribution in [1.82, 2.24) is 5.43 Å². The van der Waals surface area contributed by atoms with Gasteiger partial charge in [-0.15, -0.1) is 12.4 Å². The van der Waals surface area contributed by atoms with Crippen LogP contribution in [0.1, 0.15) is 12.8 Å². The van der Waals surface area contributed by atoms with Gasteiger partial charge >= 0.3 is 0 Å². The summed E-state index contributed by atoms with van der Waals surface area (Å²) in [6, 6.07) is 14.6. The molecule has 2 aromatic carbocycles. The first-order valence-electron chi connectivity index (χ1n) is 5.96. The number of nitrogens with zero attached hydrogens (tertiary/aromatic N) is 1. The Morgan fingerprint density at radius 3 is 2.61 bits per heavy atom. The number of amidine groups is 1. The summed E-state index contributed by atoms with van der Waals surface area (Å²) in [7, 11) is 0. The molecule has 2 N–H and O–H groups in total. The number of nitrogens with one attached hydrogen (secondary N) is 2. The Morgan fingerprint density at radius 1 is 0.944 bits per heavy atom. The largest absolute Gasteiger partial charge is 0.299 e. The second kappa shape index (κ2) is 5.74. The lowest BCUT2D eigenvalue weighted by Gasteiger charge is -2.11. The molecule has 2 aromatic rings.